The van der Waals surface area contributed by atoms with Gasteiger partial charge >= 0.3 is 5.97 Å². The van der Waals surface area contributed by atoms with Crippen molar-refractivity contribution in [3.8, 4) is 0 Å². The van der Waals surface area contributed by atoms with Crippen LogP contribution in [-0.4, -0.2) is 27.3 Å². The molecule has 2 N–H and O–H groups in total. The third kappa shape index (κ3) is 2.98. The standard InChI is InChI=1S/C12H11N3O2S/c1-18-9-4-2-3-8(5-9)15-11-7-13-10(6-14-11)12(16)17/h2-7H,1H3,(H,14,15)(H,16,17). The number of thioether (sulfide) groups is 1. The van der Waals surface area contributed by atoms with E-state index in [2.05, 4.69) is 15.3 Å². The van der Waals surface area contributed by atoms with Crippen LogP contribution in [0.25, 0.3) is 0 Å². The third-order valence-corrected chi connectivity index (χ3v) is 2.94. The summed E-state index contributed by atoms with van der Waals surface area (Å²) in [6, 6.07) is 7.84. The van der Waals surface area contributed by atoms with Crippen LogP contribution in [-0.2, 0) is 0 Å². The average molecular weight is 261 g/mol. The molecule has 1 aromatic heterocycles. The first kappa shape index (κ1) is 12.4. The van der Waals surface area contributed by atoms with E-state index in [0.29, 0.717) is 5.82 Å². The Hall–Kier alpha value is -2.08. The van der Waals surface area contributed by atoms with E-state index in [0.717, 1.165) is 10.6 Å². The van der Waals surface area contributed by atoms with E-state index in [4.69, 9.17) is 5.11 Å². The van der Waals surface area contributed by atoms with E-state index in [1.807, 2.05) is 30.5 Å². The maximum absolute atomic E-state index is 10.6. The molecule has 0 radical (unpaired) electrons. The predicted molar refractivity (Wildman–Crippen MR) is 70.5 cm³/mol. The quantitative estimate of drug-likeness (QED) is 0.824. The van der Waals surface area contributed by atoms with Gasteiger partial charge in [-0.25, -0.2) is 14.8 Å². The van der Waals surface area contributed by atoms with Crippen molar-refractivity contribution >= 4 is 29.2 Å². The molecule has 18 heavy (non-hydrogen) atoms. The fourth-order valence-corrected chi connectivity index (χ4v) is 1.81. The molecule has 0 aliphatic heterocycles. The van der Waals surface area contributed by atoms with Crippen LogP contribution in [0.15, 0.2) is 41.6 Å². The van der Waals surface area contributed by atoms with Crippen LogP contribution in [0.5, 0.6) is 0 Å². The van der Waals surface area contributed by atoms with E-state index in [1.165, 1.54) is 12.4 Å². The van der Waals surface area contributed by atoms with Crippen molar-refractivity contribution in [1.29, 1.82) is 0 Å². The Kier molecular flexibility index (Phi) is 3.78. The van der Waals surface area contributed by atoms with Crippen molar-refractivity contribution < 1.29 is 9.90 Å². The normalized spacial score (nSPS) is 10.1. The molecule has 0 amide bonds. The van der Waals surface area contributed by atoms with Gasteiger partial charge in [0.1, 0.15) is 5.82 Å². The first-order valence-electron chi connectivity index (χ1n) is 5.15. The van der Waals surface area contributed by atoms with Gasteiger partial charge in [0, 0.05) is 10.6 Å². The smallest absolute Gasteiger partial charge is 0.356 e. The molecule has 0 spiro atoms. The highest BCUT2D eigenvalue weighted by Gasteiger charge is 2.04. The Morgan fingerprint density at radius 1 is 1.33 bits per heavy atom. The molecular formula is C12H11N3O2S. The van der Waals surface area contributed by atoms with Crippen LogP contribution in [0.4, 0.5) is 11.5 Å². The topological polar surface area (TPSA) is 75.1 Å². The maximum atomic E-state index is 10.6. The zero-order valence-corrected chi connectivity index (χ0v) is 10.4. The van der Waals surface area contributed by atoms with Crippen LogP contribution >= 0.6 is 11.8 Å². The lowest BCUT2D eigenvalue weighted by Gasteiger charge is -2.06. The molecule has 0 unspecified atom stereocenters. The number of carboxylic acids is 1. The highest BCUT2D eigenvalue weighted by atomic mass is 32.2. The van der Waals surface area contributed by atoms with Crippen molar-refractivity contribution in [2.75, 3.05) is 11.6 Å². The van der Waals surface area contributed by atoms with Crippen molar-refractivity contribution in [1.82, 2.24) is 9.97 Å². The van der Waals surface area contributed by atoms with E-state index in [-0.39, 0.29) is 5.69 Å². The second-order valence-electron chi connectivity index (χ2n) is 3.45. The van der Waals surface area contributed by atoms with Crippen molar-refractivity contribution in [3.63, 3.8) is 0 Å². The number of nitrogens with zero attached hydrogens (tertiary/aromatic N) is 2. The average Bonchev–Trinajstić information content (AvgIpc) is 2.39. The highest BCUT2D eigenvalue weighted by molar-refractivity contribution is 7.98. The summed E-state index contributed by atoms with van der Waals surface area (Å²) >= 11 is 1.65. The van der Waals surface area contributed by atoms with Gasteiger partial charge in [0.15, 0.2) is 5.69 Å². The lowest BCUT2D eigenvalue weighted by Crippen LogP contribution is -2.02. The van der Waals surface area contributed by atoms with Crippen LogP contribution < -0.4 is 5.32 Å². The maximum Gasteiger partial charge on any atom is 0.356 e. The van der Waals surface area contributed by atoms with E-state index in [9.17, 15) is 4.79 Å². The van der Waals surface area contributed by atoms with Crippen molar-refractivity contribution in [3.05, 3.63) is 42.4 Å². The Labute approximate surface area is 108 Å². The fourth-order valence-electron chi connectivity index (χ4n) is 1.35. The minimum atomic E-state index is -1.08. The Bertz CT molecular complexity index is 558. The van der Waals surface area contributed by atoms with E-state index in [1.54, 1.807) is 11.8 Å². The van der Waals surface area contributed by atoms with Crippen LogP contribution in [0.1, 0.15) is 10.5 Å². The fraction of sp³-hybridized carbons (Fsp3) is 0.0833. The molecule has 5 nitrogen and oxygen atoms in total. The number of carboxylic acid groups (broad SMARTS) is 1. The number of aromatic nitrogens is 2. The minimum absolute atomic E-state index is 0.0709. The van der Waals surface area contributed by atoms with Gasteiger partial charge < -0.3 is 10.4 Å². The second kappa shape index (κ2) is 5.50. The summed E-state index contributed by atoms with van der Waals surface area (Å²) in [6.07, 6.45) is 4.62. The molecular weight excluding hydrogens is 250 g/mol. The molecule has 92 valence electrons. The lowest BCUT2D eigenvalue weighted by atomic mass is 10.3. The zero-order valence-electron chi connectivity index (χ0n) is 9.62. The number of benzene rings is 1. The second-order valence-corrected chi connectivity index (χ2v) is 4.33. The van der Waals surface area contributed by atoms with Gasteiger partial charge in [0.05, 0.1) is 12.4 Å². The number of carbonyl (C=O) groups is 1. The molecule has 2 rings (SSSR count). The molecule has 0 bridgehead atoms. The summed E-state index contributed by atoms with van der Waals surface area (Å²) in [4.78, 5) is 19.5. The number of rotatable bonds is 4. The molecule has 6 heteroatoms. The summed E-state index contributed by atoms with van der Waals surface area (Å²) in [7, 11) is 0. The van der Waals surface area contributed by atoms with Crippen molar-refractivity contribution in [2.24, 2.45) is 0 Å². The van der Waals surface area contributed by atoms with Gasteiger partial charge in [-0.05, 0) is 24.5 Å². The van der Waals surface area contributed by atoms with Gasteiger partial charge in [-0.15, -0.1) is 11.8 Å². The molecule has 0 saturated heterocycles. The van der Waals surface area contributed by atoms with E-state index >= 15 is 0 Å². The lowest BCUT2D eigenvalue weighted by molar-refractivity contribution is 0.0690. The number of hydrogen-bond donors (Lipinski definition) is 2. The Morgan fingerprint density at radius 2 is 2.17 bits per heavy atom. The third-order valence-electron chi connectivity index (χ3n) is 2.21. The number of hydrogen-bond acceptors (Lipinski definition) is 5. The molecule has 0 fully saturated rings. The SMILES string of the molecule is CSc1cccc(Nc2cnc(C(=O)O)cn2)c1. The Morgan fingerprint density at radius 3 is 2.78 bits per heavy atom. The summed E-state index contributed by atoms with van der Waals surface area (Å²) in [5, 5.41) is 11.8. The van der Waals surface area contributed by atoms with Crippen molar-refractivity contribution in [2.45, 2.75) is 4.90 Å². The molecule has 2 aromatic rings. The molecule has 1 aromatic carbocycles. The summed E-state index contributed by atoms with van der Waals surface area (Å²) < 4.78 is 0. The van der Waals surface area contributed by atoms with Gasteiger partial charge in [-0.3, -0.25) is 0 Å². The molecule has 1 heterocycles. The highest BCUT2D eigenvalue weighted by Crippen LogP contribution is 2.21. The largest absolute Gasteiger partial charge is 0.476 e. The van der Waals surface area contributed by atoms with Gasteiger partial charge in [-0.1, -0.05) is 6.07 Å². The number of nitrogens with one attached hydrogen (secondary N) is 1. The van der Waals surface area contributed by atoms with Gasteiger partial charge in [0.25, 0.3) is 0 Å². The number of aromatic carboxylic acids is 1. The number of anilines is 2. The first-order chi connectivity index (χ1) is 8.69. The zero-order chi connectivity index (χ0) is 13.0. The molecule has 0 aliphatic rings. The molecule has 0 atom stereocenters. The molecule has 0 aliphatic carbocycles. The monoisotopic (exact) mass is 261 g/mol. The molecule has 0 saturated carbocycles. The van der Waals surface area contributed by atoms with E-state index < -0.39 is 5.97 Å². The van der Waals surface area contributed by atoms with Gasteiger partial charge in [-0.2, -0.15) is 0 Å². The van der Waals surface area contributed by atoms with Crippen LogP contribution in [0.3, 0.4) is 0 Å². The first-order valence-corrected chi connectivity index (χ1v) is 6.38. The summed E-state index contributed by atoms with van der Waals surface area (Å²) in [5.74, 6) is -0.573. The van der Waals surface area contributed by atoms with Crippen LogP contribution in [0.2, 0.25) is 0 Å². The van der Waals surface area contributed by atoms with Crippen LogP contribution in [0, 0.1) is 0 Å². The van der Waals surface area contributed by atoms with Gasteiger partial charge in [0.2, 0.25) is 0 Å². The minimum Gasteiger partial charge on any atom is -0.476 e. The Balaban J connectivity index is 2.15. The predicted octanol–water partition coefficient (Wildman–Crippen LogP) is 2.64. The summed E-state index contributed by atoms with van der Waals surface area (Å²) in [5.41, 5.74) is 0.817. The summed E-state index contributed by atoms with van der Waals surface area (Å²) in [6.45, 7) is 0.